The largest absolute Gasteiger partial charge is 0.262 e. The fraction of sp³-hybridized carbons (Fsp3) is 0.364. The highest BCUT2D eigenvalue weighted by Gasteiger charge is 1.97. The minimum atomic E-state index is 0. The van der Waals surface area contributed by atoms with E-state index in [9.17, 15) is 0 Å². The number of aromatic nitrogens is 25. The molecule has 20 aromatic rings. The first-order chi connectivity index (χ1) is 67.0. The molecule has 25 heteroatoms. The maximum Gasteiger partial charge on any atom is 0.181 e. The SMILES string of the molecule is C.C.C.CC(C)C.CC(C)C.CC(C)C.CC(C)C.CC(C)C.CC(C)C.CC(C)C.CC(C)C.CC(C)C.CC(C)C.c1cc2ccnnc2cn1.c1cc2cncnc2cn1.c1ccc2cnncc2c1.c1ccc2cnncc2c1.c1ccc2ncncc2c1.c1ccc2nnccc2c1.c1ccc2nnccc2c1.c1cnc2cncnc2c1.c1cnc2ncncc2c1.c1cnc2nnccc2c1. The zero-order valence-corrected chi connectivity index (χ0v) is 88.7. The quantitative estimate of drug-likeness (QED) is 0.136. The Kier molecular flexibility index (Phi) is 77.9. The van der Waals surface area contributed by atoms with Gasteiger partial charge in [0.05, 0.1) is 95.7 Å². The lowest BCUT2D eigenvalue weighted by atomic mass is 10.2. The number of para-hydroxylation sites is 1. The van der Waals surface area contributed by atoms with Crippen molar-refractivity contribution >= 4 is 109 Å². The highest BCUT2D eigenvalue weighted by atomic mass is 15.1. The molecule has 0 saturated heterocycles. The van der Waals surface area contributed by atoms with Gasteiger partial charge in [0, 0.05) is 109 Å². The van der Waals surface area contributed by atoms with Crippen LogP contribution in [-0.2, 0) is 0 Å². The molecule has 0 fully saturated rings. The van der Waals surface area contributed by atoms with Crippen molar-refractivity contribution in [2.24, 2.45) is 59.2 Å². The molecule has 5 aromatic carbocycles. The molecule has 15 aromatic heterocycles. The predicted molar refractivity (Wildman–Crippen MR) is 610 cm³/mol. The number of hydrogen-bond donors (Lipinski definition) is 0. The fourth-order valence-electron chi connectivity index (χ4n) is 8.77. The Labute approximate surface area is 856 Å². The number of pyridine rings is 5. The van der Waals surface area contributed by atoms with Crippen LogP contribution in [0, 0.1) is 59.2 Å². The second-order valence-electron chi connectivity index (χ2n) is 37.6. The zero-order valence-electron chi connectivity index (χ0n) is 88.7. The van der Waals surface area contributed by atoms with E-state index >= 15 is 0 Å². The summed E-state index contributed by atoms with van der Waals surface area (Å²) in [5.74, 6) is 8.33. The van der Waals surface area contributed by atoms with E-state index in [0.717, 1.165) is 163 Å². The lowest BCUT2D eigenvalue weighted by Gasteiger charge is -1.90. The Bertz CT molecular complexity index is 4440. The third kappa shape index (κ3) is 73.1. The van der Waals surface area contributed by atoms with Gasteiger partial charge in [-0.1, -0.05) is 333 Å². The van der Waals surface area contributed by atoms with Crippen molar-refractivity contribution in [2.45, 2.75) is 230 Å². The summed E-state index contributed by atoms with van der Waals surface area (Å²) in [5.41, 5.74) is 7.79. The van der Waals surface area contributed by atoms with E-state index in [1.165, 1.54) is 19.0 Å². The Balaban J connectivity index is -0.00000146. The molecule has 0 saturated carbocycles. The van der Waals surface area contributed by atoms with E-state index in [1.807, 2.05) is 200 Å². The first-order valence-electron chi connectivity index (χ1n) is 47.8. The summed E-state index contributed by atoms with van der Waals surface area (Å²) in [5, 5.41) is 57.6. The van der Waals surface area contributed by atoms with Crippen molar-refractivity contribution in [3.8, 4) is 0 Å². The van der Waals surface area contributed by atoms with Gasteiger partial charge in [0.15, 0.2) is 11.3 Å². The van der Waals surface area contributed by atoms with Crippen LogP contribution in [0.2, 0.25) is 0 Å². The highest BCUT2D eigenvalue weighted by Crippen LogP contribution is 2.14. The molecule has 0 aliphatic rings. The minimum absolute atomic E-state index is 0. The molecule has 143 heavy (non-hydrogen) atoms. The first-order valence-corrected chi connectivity index (χ1v) is 47.8. The van der Waals surface area contributed by atoms with E-state index in [1.54, 1.807) is 118 Å². The van der Waals surface area contributed by atoms with Gasteiger partial charge < -0.3 is 0 Å². The van der Waals surface area contributed by atoms with Gasteiger partial charge in [-0.05, 0) is 150 Å². The molecule has 0 spiro atoms. The van der Waals surface area contributed by atoms with Gasteiger partial charge in [-0.3, -0.25) is 15.0 Å². The van der Waals surface area contributed by atoms with Crippen molar-refractivity contribution in [1.82, 2.24) is 126 Å². The van der Waals surface area contributed by atoms with Crippen LogP contribution in [0.4, 0.5) is 0 Å². The van der Waals surface area contributed by atoms with Crippen LogP contribution in [0.3, 0.4) is 0 Å². The normalized spacial score (nSPS) is 9.51. The lowest BCUT2D eigenvalue weighted by molar-refractivity contribution is 0.736. The molecule has 0 unspecified atom stereocenters. The molecular formula is C118H167N25. The van der Waals surface area contributed by atoms with Crippen molar-refractivity contribution < 1.29 is 0 Å². The minimum Gasteiger partial charge on any atom is -0.262 e. The molecule has 0 N–H and O–H groups in total. The monoisotopic (exact) mass is 1930 g/mol. The lowest BCUT2D eigenvalue weighted by Crippen LogP contribution is -1.83. The van der Waals surface area contributed by atoms with Crippen LogP contribution in [0.25, 0.3) is 109 Å². The average molecular weight is 1940 g/mol. The van der Waals surface area contributed by atoms with Crippen LogP contribution in [0.1, 0.15) is 230 Å². The number of rotatable bonds is 0. The average Bonchev–Trinajstić information content (AvgIpc) is 0.937. The molecule has 0 radical (unpaired) electrons. The van der Waals surface area contributed by atoms with Gasteiger partial charge in [0.2, 0.25) is 0 Å². The van der Waals surface area contributed by atoms with E-state index < -0.39 is 0 Å². The second kappa shape index (κ2) is 84.2. The number of fused-ring (bicyclic) bond motifs is 10. The Morgan fingerprint density at radius 3 is 0.748 bits per heavy atom. The maximum absolute atomic E-state index is 4.07. The standard InChI is InChI=1S/5C8H6N2.5C7H5N3.10C4H10.3CH4/c1-2-4-8-7(3-1)5-9-6-10-8;2*1-2-4-8-6-10-9-5-7(8)3-1;2*1-2-4-8-7(3-1)5-6-9-10-8;1-3-8-5-7-6(1)2-4-9-10-7;1-2-8-4-7-6(1)3-9-5-10-7;1-2-6-3-5-9-10-7(6)8-4-1;1-2-6-7(9-3-1)4-8-5-10-6;1-2-6-4-8-5-10-7(6)9-3-1;10*1-4(2)3;;;/h5*1-6H;5*1-5H;10*4H,1-3H3;3*1H4. The molecule has 0 aliphatic heterocycles. The predicted octanol–water partition coefficient (Wildman–Crippen LogP) is 31.8. The van der Waals surface area contributed by atoms with Gasteiger partial charge in [-0.2, -0.15) is 51.0 Å². The summed E-state index contributed by atoms with van der Waals surface area (Å²) in [4.78, 5) is 51.4. The molecule has 0 bridgehead atoms. The maximum atomic E-state index is 4.07. The number of benzene rings is 5. The summed E-state index contributed by atoms with van der Waals surface area (Å²) in [6.07, 6.45) is 38.9. The van der Waals surface area contributed by atoms with Gasteiger partial charge in [0.1, 0.15) is 36.3 Å². The summed E-state index contributed by atoms with van der Waals surface area (Å²) in [6.45, 7) is 65.0. The van der Waals surface area contributed by atoms with Gasteiger partial charge >= 0.3 is 0 Å². The Hall–Kier alpha value is -14.8. The topological polar surface area (TPSA) is 322 Å². The molecule has 20 rings (SSSR count). The van der Waals surface area contributed by atoms with Gasteiger partial charge in [0.25, 0.3) is 0 Å². The molecular weight excluding hydrogens is 1770 g/mol. The van der Waals surface area contributed by atoms with E-state index in [2.05, 4.69) is 334 Å². The van der Waals surface area contributed by atoms with Crippen LogP contribution in [0.15, 0.2) is 337 Å². The summed E-state index contributed by atoms with van der Waals surface area (Å²) in [7, 11) is 0. The Morgan fingerprint density at radius 2 is 0.385 bits per heavy atom. The molecule has 25 nitrogen and oxygen atoms in total. The third-order valence-corrected chi connectivity index (χ3v) is 13.6. The summed E-state index contributed by atoms with van der Waals surface area (Å²) < 4.78 is 0. The van der Waals surface area contributed by atoms with E-state index in [-0.39, 0.29) is 22.3 Å². The summed E-state index contributed by atoms with van der Waals surface area (Å²) in [6, 6.07) is 62.6. The number of nitrogens with zero attached hydrogens (tertiary/aromatic N) is 25. The fourth-order valence-corrected chi connectivity index (χ4v) is 8.77. The summed E-state index contributed by atoms with van der Waals surface area (Å²) >= 11 is 0. The molecule has 0 amide bonds. The van der Waals surface area contributed by atoms with Crippen LogP contribution < -0.4 is 0 Å². The zero-order chi connectivity index (χ0) is 104. The van der Waals surface area contributed by atoms with Gasteiger partial charge in [-0.25, -0.2) is 49.8 Å². The van der Waals surface area contributed by atoms with Crippen molar-refractivity contribution in [1.29, 1.82) is 0 Å². The molecule has 0 aliphatic carbocycles. The molecule has 0 atom stereocenters. The van der Waals surface area contributed by atoms with Gasteiger partial charge in [-0.15, -0.1) is 10.2 Å². The Morgan fingerprint density at radius 1 is 0.140 bits per heavy atom. The second-order valence-corrected chi connectivity index (χ2v) is 37.6. The van der Waals surface area contributed by atoms with E-state index in [4.69, 9.17) is 0 Å². The van der Waals surface area contributed by atoms with Crippen LogP contribution >= 0.6 is 0 Å². The molecule has 15 heterocycles. The van der Waals surface area contributed by atoms with Crippen molar-refractivity contribution in [3.05, 3.63) is 337 Å². The third-order valence-electron chi connectivity index (χ3n) is 13.6. The van der Waals surface area contributed by atoms with Crippen molar-refractivity contribution in [3.63, 3.8) is 0 Å². The van der Waals surface area contributed by atoms with Crippen LogP contribution in [-0.4, -0.2) is 126 Å². The highest BCUT2D eigenvalue weighted by molar-refractivity contribution is 5.83. The van der Waals surface area contributed by atoms with Crippen molar-refractivity contribution in [2.75, 3.05) is 0 Å². The van der Waals surface area contributed by atoms with E-state index in [0.29, 0.717) is 5.65 Å². The van der Waals surface area contributed by atoms with Crippen LogP contribution in [0.5, 0.6) is 0 Å². The molecule has 764 valence electrons. The number of hydrogen-bond acceptors (Lipinski definition) is 25. The first kappa shape index (κ1) is 132. The smallest absolute Gasteiger partial charge is 0.181 e.